The molecule has 0 N–H and O–H groups in total. The minimum atomic E-state index is -2.59. The molecule has 0 aromatic heterocycles. The number of nitrogens with zero attached hydrogens (tertiary/aromatic N) is 2. The van der Waals surface area contributed by atoms with Gasteiger partial charge in [-0.3, -0.25) is 0 Å². The Morgan fingerprint density at radius 3 is 2.53 bits per heavy atom. The van der Waals surface area contributed by atoms with E-state index in [-0.39, 0.29) is 24.4 Å². The first-order valence-corrected chi connectivity index (χ1v) is 5.23. The second-order valence-electron chi connectivity index (χ2n) is 4.30. The van der Waals surface area contributed by atoms with Gasteiger partial charge < -0.3 is 4.90 Å². The van der Waals surface area contributed by atoms with Gasteiger partial charge in [0.05, 0.1) is 5.56 Å². The van der Waals surface area contributed by atoms with Crippen LogP contribution in [0.5, 0.6) is 0 Å². The highest BCUT2D eigenvalue weighted by atomic mass is 19.3. The lowest BCUT2D eigenvalue weighted by molar-refractivity contribution is -0.0849. The Balaban J connectivity index is 2.13. The van der Waals surface area contributed by atoms with Crippen LogP contribution in [-0.4, -0.2) is 19.0 Å². The van der Waals surface area contributed by atoms with Crippen molar-refractivity contribution in [2.75, 3.05) is 11.9 Å². The van der Waals surface area contributed by atoms with Crippen molar-refractivity contribution < 1.29 is 13.2 Å². The summed E-state index contributed by atoms with van der Waals surface area (Å²) in [6.07, 6.45) is -0.407. The summed E-state index contributed by atoms with van der Waals surface area (Å²) in [5.74, 6) is -3.22. The fourth-order valence-electron chi connectivity index (χ4n) is 1.93. The number of nitriles is 1. The Labute approximate surface area is 97.3 Å². The van der Waals surface area contributed by atoms with Gasteiger partial charge >= 0.3 is 0 Å². The maximum atomic E-state index is 13.4. The zero-order valence-corrected chi connectivity index (χ0v) is 9.25. The summed E-state index contributed by atoms with van der Waals surface area (Å²) in [7, 11) is 1.65. The van der Waals surface area contributed by atoms with Gasteiger partial charge in [-0.15, -0.1) is 0 Å². The van der Waals surface area contributed by atoms with Crippen LogP contribution in [0.4, 0.5) is 18.9 Å². The molecular weight excluding hydrogens is 229 g/mol. The van der Waals surface area contributed by atoms with Crippen molar-refractivity contribution in [3.63, 3.8) is 0 Å². The Morgan fingerprint density at radius 1 is 1.41 bits per heavy atom. The van der Waals surface area contributed by atoms with E-state index in [0.717, 1.165) is 0 Å². The highest BCUT2D eigenvalue weighted by Crippen LogP contribution is 2.41. The predicted molar refractivity (Wildman–Crippen MR) is 57.5 cm³/mol. The third-order valence-corrected chi connectivity index (χ3v) is 3.10. The Hall–Kier alpha value is -1.70. The van der Waals surface area contributed by atoms with E-state index in [0.29, 0.717) is 5.69 Å². The van der Waals surface area contributed by atoms with E-state index in [1.807, 2.05) is 0 Å². The molecule has 17 heavy (non-hydrogen) atoms. The Bertz CT molecular complexity index is 471. The lowest BCUT2D eigenvalue weighted by Gasteiger charge is -2.41. The molecule has 0 radical (unpaired) electrons. The number of benzene rings is 1. The van der Waals surface area contributed by atoms with Crippen LogP contribution in [0, 0.1) is 17.1 Å². The first-order valence-electron chi connectivity index (χ1n) is 5.23. The lowest BCUT2D eigenvalue weighted by atomic mass is 9.87. The summed E-state index contributed by atoms with van der Waals surface area (Å²) in [5, 5.41) is 8.58. The molecule has 1 aliphatic rings. The summed E-state index contributed by atoms with van der Waals surface area (Å²) in [4.78, 5) is 1.63. The van der Waals surface area contributed by atoms with Gasteiger partial charge in [-0.25, -0.2) is 13.2 Å². The number of hydrogen-bond acceptors (Lipinski definition) is 2. The van der Waals surface area contributed by atoms with Crippen molar-refractivity contribution in [1.29, 1.82) is 5.26 Å². The number of halogens is 3. The molecule has 1 fully saturated rings. The fraction of sp³-hybridized carbons (Fsp3) is 0.417. The van der Waals surface area contributed by atoms with Gasteiger partial charge in [0.25, 0.3) is 5.92 Å². The molecule has 0 saturated heterocycles. The summed E-state index contributed by atoms with van der Waals surface area (Å²) in [6.45, 7) is 0. The maximum Gasteiger partial charge on any atom is 0.252 e. The largest absolute Gasteiger partial charge is 0.371 e. The molecular formula is C12H11F3N2. The van der Waals surface area contributed by atoms with Gasteiger partial charge in [0.1, 0.15) is 11.9 Å². The molecule has 0 spiro atoms. The smallest absolute Gasteiger partial charge is 0.252 e. The Morgan fingerprint density at radius 2 is 2.06 bits per heavy atom. The predicted octanol–water partition coefficient (Wildman–Crippen LogP) is 2.93. The molecule has 0 amide bonds. The van der Waals surface area contributed by atoms with Gasteiger partial charge in [0.2, 0.25) is 0 Å². The summed E-state index contributed by atoms with van der Waals surface area (Å²) >= 11 is 0. The number of hydrogen-bond donors (Lipinski definition) is 0. The van der Waals surface area contributed by atoms with E-state index in [1.54, 1.807) is 24.1 Å². The fourth-order valence-corrected chi connectivity index (χ4v) is 1.93. The topological polar surface area (TPSA) is 27.0 Å². The van der Waals surface area contributed by atoms with Crippen molar-refractivity contribution in [1.82, 2.24) is 0 Å². The van der Waals surface area contributed by atoms with Crippen LogP contribution < -0.4 is 4.90 Å². The zero-order valence-electron chi connectivity index (χ0n) is 9.25. The molecule has 2 rings (SSSR count). The van der Waals surface area contributed by atoms with Crippen molar-refractivity contribution >= 4 is 5.69 Å². The monoisotopic (exact) mass is 240 g/mol. The minimum absolute atomic E-state index is 0.0407. The number of alkyl halides is 2. The van der Waals surface area contributed by atoms with Gasteiger partial charge in [-0.05, 0) is 18.2 Å². The molecule has 0 atom stereocenters. The number of anilines is 1. The second-order valence-corrected chi connectivity index (χ2v) is 4.30. The normalized spacial score (nSPS) is 18.3. The summed E-state index contributed by atoms with van der Waals surface area (Å²) in [5.41, 5.74) is 0.475. The molecule has 1 aromatic rings. The molecule has 0 heterocycles. The molecule has 90 valence electrons. The number of rotatable bonds is 2. The van der Waals surface area contributed by atoms with Crippen LogP contribution in [0.25, 0.3) is 0 Å². The maximum absolute atomic E-state index is 13.4. The molecule has 1 aliphatic carbocycles. The molecule has 5 heteroatoms. The van der Waals surface area contributed by atoms with Crippen molar-refractivity contribution in [2.45, 2.75) is 24.8 Å². The molecule has 1 aromatic carbocycles. The van der Waals surface area contributed by atoms with E-state index in [1.165, 1.54) is 12.1 Å². The van der Waals surface area contributed by atoms with Crippen LogP contribution >= 0.6 is 0 Å². The van der Waals surface area contributed by atoms with Crippen molar-refractivity contribution in [3.8, 4) is 6.07 Å². The van der Waals surface area contributed by atoms with E-state index in [2.05, 4.69) is 0 Å². The van der Waals surface area contributed by atoms with Gasteiger partial charge in [0.15, 0.2) is 0 Å². The Kier molecular flexibility index (Phi) is 2.74. The van der Waals surface area contributed by atoms with E-state index in [4.69, 9.17) is 5.26 Å². The molecule has 2 nitrogen and oxygen atoms in total. The quantitative estimate of drug-likeness (QED) is 0.794. The summed E-state index contributed by atoms with van der Waals surface area (Å²) in [6, 6.07) is 5.58. The first kappa shape index (κ1) is 11.8. The van der Waals surface area contributed by atoms with Crippen LogP contribution in [0.2, 0.25) is 0 Å². The van der Waals surface area contributed by atoms with Gasteiger partial charge in [-0.2, -0.15) is 5.26 Å². The second kappa shape index (κ2) is 3.95. The van der Waals surface area contributed by atoms with E-state index >= 15 is 0 Å². The lowest BCUT2D eigenvalue weighted by Crippen LogP contribution is -2.49. The molecule has 0 aliphatic heterocycles. The summed E-state index contributed by atoms with van der Waals surface area (Å²) < 4.78 is 38.8. The standard InChI is InChI=1S/C12H11F3N2/c1-17(10-5-12(14,15)6-10)9-3-2-8(7-16)11(13)4-9/h2-4,10H,5-6H2,1H3. The third-order valence-electron chi connectivity index (χ3n) is 3.10. The van der Waals surface area contributed by atoms with Crippen molar-refractivity contribution in [2.24, 2.45) is 0 Å². The van der Waals surface area contributed by atoms with Crippen molar-refractivity contribution in [3.05, 3.63) is 29.6 Å². The first-order chi connectivity index (χ1) is 7.93. The van der Waals surface area contributed by atoms with Crippen LogP contribution in [-0.2, 0) is 0 Å². The van der Waals surface area contributed by atoms with Crippen LogP contribution in [0.3, 0.4) is 0 Å². The van der Waals surface area contributed by atoms with Crippen LogP contribution in [0.1, 0.15) is 18.4 Å². The average molecular weight is 240 g/mol. The average Bonchev–Trinajstić information content (AvgIpc) is 2.24. The van der Waals surface area contributed by atoms with Gasteiger partial charge in [0, 0.05) is 31.6 Å². The minimum Gasteiger partial charge on any atom is -0.371 e. The van der Waals surface area contributed by atoms with Crippen LogP contribution in [0.15, 0.2) is 18.2 Å². The van der Waals surface area contributed by atoms with E-state index < -0.39 is 11.7 Å². The SMILES string of the molecule is CN(c1ccc(C#N)c(F)c1)C1CC(F)(F)C1. The third kappa shape index (κ3) is 2.21. The molecule has 0 bridgehead atoms. The van der Waals surface area contributed by atoms with Gasteiger partial charge in [-0.1, -0.05) is 0 Å². The molecule has 1 saturated carbocycles. The zero-order chi connectivity index (χ0) is 12.6. The van der Waals surface area contributed by atoms with E-state index in [9.17, 15) is 13.2 Å². The highest BCUT2D eigenvalue weighted by molar-refractivity contribution is 5.51. The highest BCUT2D eigenvalue weighted by Gasteiger charge is 2.47. The molecule has 0 unspecified atom stereocenters.